The van der Waals surface area contributed by atoms with E-state index in [1.54, 1.807) is 0 Å². The molecule has 0 aromatic heterocycles. The topological polar surface area (TPSA) is 56.2 Å². The Balaban J connectivity index is 1.37. The number of nitrogens with one attached hydrogen (secondary N) is 3. The molecule has 2 heterocycles. The van der Waals surface area contributed by atoms with Crippen LogP contribution >= 0.6 is 12.2 Å². The van der Waals surface area contributed by atoms with Gasteiger partial charge in [-0.1, -0.05) is 36.4 Å². The molecule has 0 aliphatic carbocycles. The molecule has 2 aliphatic heterocycles. The number of quaternary nitrogens is 1. The Kier molecular flexibility index (Phi) is 6.49. The highest BCUT2D eigenvalue weighted by atomic mass is 32.1. The fourth-order valence-corrected chi connectivity index (χ4v) is 4.32. The van der Waals surface area contributed by atoms with Crippen LogP contribution in [-0.4, -0.2) is 44.3 Å². The van der Waals surface area contributed by atoms with E-state index >= 15 is 0 Å². The van der Waals surface area contributed by atoms with Gasteiger partial charge in [-0.05, 0) is 36.8 Å². The Morgan fingerprint density at radius 3 is 2.62 bits per heavy atom. The van der Waals surface area contributed by atoms with Crippen molar-refractivity contribution < 1.29 is 19.1 Å². The minimum Gasteiger partial charge on any atom is -0.454 e. The summed E-state index contributed by atoms with van der Waals surface area (Å²) in [6.07, 6.45) is 0. The van der Waals surface area contributed by atoms with E-state index in [1.807, 2.05) is 18.2 Å². The van der Waals surface area contributed by atoms with E-state index in [1.165, 1.54) is 10.5 Å². The van der Waals surface area contributed by atoms with Gasteiger partial charge in [0, 0.05) is 12.1 Å². The Morgan fingerprint density at radius 2 is 1.83 bits per heavy atom. The van der Waals surface area contributed by atoms with Crippen LogP contribution in [0.1, 0.15) is 24.1 Å². The van der Waals surface area contributed by atoms with Gasteiger partial charge in [-0.2, -0.15) is 0 Å². The number of hydrogen-bond donors (Lipinski definition) is 3. The molecule has 0 unspecified atom stereocenters. The van der Waals surface area contributed by atoms with Crippen molar-refractivity contribution in [2.45, 2.75) is 25.6 Å². The second-order valence-electron chi connectivity index (χ2n) is 7.46. The molecule has 154 valence electrons. The summed E-state index contributed by atoms with van der Waals surface area (Å²) in [5.74, 6) is 1.58. The molecule has 1 fully saturated rings. The third-order valence-corrected chi connectivity index (χ3v) is 5.74. The first-order valence-electron chi connectivity index (χ1n) is 10.1. The van der Waals surface area contributed by atoms with Crippen LogP contribution in [0.4, 0.5) is 0 Å². The van der Waals surface area contributed by atoms with Gasteiger partial charge in [-0.15, -0.1) is 0 Å². The first kappa shape index (κ1) is 19.9. The molecule has 3 N–H and O–H groups in total. The van der Waals surface area contributed by atoms with Crippen molar-refractivity contribution in [3.8, 4) is 11.5 Å². The Hall–Kier alpha value is -2.35. The predicted octanol–water partition coefficient (Wildman–Crippen LogP) is 1.42. The van der Waals surface area contributed by atoms with Gasteiger partial charge in [0.2, 0.25) is 6.79 Å². The lowest BCUT2D eigenvalue weighted by atomic mass is 9.98. The van der Waals surface area contributed by atoms with Gasteiger partial charge in [0.25, 0.3) is 0 Å². The maximum Gasteiger partial charge on any atom is 0.231 e. The molecule has 0 radical (unpaired) electrons. The molecule has 7 heteroatoms. The van der Waals surface area contributed by atoms with Crippen LogP contribution in [0.5, 0.6) is 11.5 Å². The van der Waals surface area contributed by atoms with Gasteiger partial charge in [0.15, 0.2) is 16.6 Å². The maximum atomic E-state index is 5.59. The summed E-state index contributed by atoms with van der Waals surface area (Å²) in [6, 6.07) is 17.1. The van der Waals surface area contributed by atoms with E-state index in [4.69, 9.17) is 26.4 Å². The van der Waals surface area contributed by atoms with Crippen molar-refractivity contribution in [1.29, 1.82) is 0 Å². The second kappa shape index (κ2) is 9.43. The molecular formula is C22H28N3O3S+. The van der Waals surface area contributed by atoms with Crippen molar-refractivity contribution in [3.05, 3.63) is 59.7 Å². The summed E-state index contributed by atoms with van der Waals surface area (Å²) < 4.78 is 16.4. The van der Waals surface area contributed by atoms with Gasteiger partial charge >= 0.3 is 0 Å². The Morgan fingerprint density at radius 1 is 1.07 bits per heavy atom. The van der Waals surface area contributed by atoms with E-state index in [-0.39, 0.29) is 12.8 Å². The maximum absolute atomic E-state index is 5.59. The van der Waals surface area contributed by atoms with E-state index < -0.39 is 0 Å². The molecule has 0 saturated carbocycles. The van der Waals surface area contributed by atoms with Crippen molar-refractivity contribution in [2.24, 2.45) is 0 Å². The van der Waals surface area contributed by atoms with Crippen LogP contribution in [0.25, 0.3) is 0 Å². The van der Waals surface area contributed by atoms with Crippen LogP contribution in [0.2, 0.25) is 0 Å². The van der Waals surface area contributed by atoms with Crippen molar-refractivity contribution >= 4 is 17.3 Å². The smallest absolute Gasteiger partial charge is 0.231 e. The van der Waals surface area contributed by atoms with Crippen LogP contribution < -0.4 is 25.0 Å². The number of hydrogen-bond acceptors (Lipinski definition) is 4. The molecule has 29 heavy (non-hydrogen) atoms. The standard InChI is InChI=1S/C22H27N3O3S/c1-16(21(18-5-3-2-4-6-18)25-9-11-26-12-10-25)24-22(29)23-14-17-7-8-19-20(13-17)28-15-27-19/h2-8,13,16,21H,9-12,14-15H2,1H3,(H2,23,24,29)/p+1/t16-,21+/m1/s1. The summed E-state index contributed by atoms with van der Waals surface area (Å²) in [6.45, 7) is 6.74. The minimum atomic E-state index is 0.183. The number of rotatable bonds is 6. The highest BCUT2D eigenvalue weighted by molar-refractivity contribution is 7.80. The summed E-state index contributed by atoms with van der Waals surface area (Å²) in [7, 11) is 0. The first-order chi connectivity index (χ1) is 14.2. The van der Waals surface area contributed by atoms with E-state index in [9.17, 15) is 0 Å². The van der Waals surface area contributed by atoms with E-state index in [0.717, 1.165) is 43.4 Å². The quantitative estimate of drug-likeness (QED) is 0.622. The predicted molar refractivity (Wildman–Crippen MR) is 115 cm³/mol. The summed E-state index contributed by atoms with van der Waals surface area (Å²) in [4.78, 5) is 1.53. The van der Waals surface area contributed by atoms with E-state index in [0.29, 0.717) is 17.7 Å². The largest absolute Gasteiger partial charge is 0.454 e. The Bertz CT molecular complexity index is 827. The number of morpholine rings is 1. The normalized spacial score (nSPS) is 18.1. The summed E-state index contributed by atoms with van der Waals surface area (Å²) in [5.41, 5.74) is 2.42. The molecule has 2 aromatic rings. The molecule has 4 rings (SSSR count). The monoisotopic (exact) mass is 414 g/mol. The highest BCUT2D eigenvalue weighted by Crippen LogP contribution is 2.32. The zero-order chi connectivity index (χ0) is 20.1. The molecule has 0 bridgehead atoms. The lowest BCUT2D eigenvalue weighted by molar-refractivity contribution is -0.940. The lowest BCUT2D eigenvalue weighted by Gasteiger charge is -2.35. The molecule has 6 nitrogen and oxygen atoms in total. The Labute approximate surface area is 177 Å². The number of ether oxygens (including phenoxy) is 3. The number of fused-ring (bicyclic) bond motifs is 1. The van der Waals surface area contributed by atoms with Crippen LogP contribution in [-0.2, 0) is 11.3 Å². The average molecular weight is 415 g/mol. The van der Waals surface area contributed by atoms with Gasteiger partial charge in [0.1, 0.15) is 19.1 Å². The van der Waals surface area contributed by atoms with Gasteiger partial charge < -0.3 is 29.7 Å². The highest BCUT2D eigenvalue weighted by Gasteiger charge is 2.31. The van der Waals surface area contributed by atoms with Crippen molar-refractivity contribution in [2.75, 3.05) is 33.1 Å². The number of benzene rings is 2. The SMILES string of the molecule is C[C@@H](NC(=S)NCc1ccc2c(c1)OCO2)[C@@H](c1ccccc1)[NH+]1CCOCC1. The number of thiocarbonyl (C=S) groups is 1. The van der Waals surface area contributed by atoms with Crippen LogP contribution in [0.3, 0.4) is 0 Å². The molecule has 2 atom stereocenters. The molecule has 0 spiro atoms. The molecule has 2 aromatic carbocycles. The van der Waals surface area contributed by atoms with Crippen LogP contribution in [0.15, 0.2) is 48.5 Å². The zero-order valence-corrected chi connectivity index (χ0v) is 17.5. The fraction of sp³-hybridized carbons (Fsp3) is 0.409. The minimum absolute atomic E-state index is 0.183. The molecular weight excluding hydrogens is 386 g/mol. The van der Waals surface area contributed by atoms with Gasteiger partial charge in [-0.3, -0.25) is 0 Å². The fourth-order valence-electron chi connectivity index (χ4n) is 4.06. The third kappa shape index (κ3) is 4.98. The van der Waals surface area contributed by atoms with Crippen molar-refractivity contribution in [1.82, 2.24) is 10.6 Å². The van der Waals surface area contributed by atoms with Crippen LogP contribution in [0, 0.1) is 0 Å². The average Bonchev–Trinajstić information content (AvgIpc) is 3.22. The zero-order valence-electron chi connectivity index (χ0n) is 16.6. The van der Waals surface area contributed by atoms with Gasteiger partial charge in [0.05, 0.1) is 19.3 Å². The van der Waals surface area contributed by atoms with Crippen molar-refractivity contribution in [3.63, 3.8) is 0 Å². The lowest BCUT2D eigenvalue weighted by Crippen LogP contribution is -3.15. The molecule has 1 saturated heterocycles. The summed E-state index contributed by atoms with van der Waals surface area (Å²) >= 11 is 5.59. The first-order valence-corrected chi connectivity index (χ1v) is 10.5. The second-order valence-corrected chi connectivity index (χ2v) is 7.87. The van der Waals surface area contributed by atoms with E-state index in [2.05, 4.69) is 47.9 Å². The summed E-state index contributed by atoms with van der Waals surface area (Å²) in [5, 5.41) is 7.48. The third-order valence-electron chi connectivity index (χ3n) is 5.48. The molecule has 2 aliphatic rings. The molecule has 0 amide bonds. The van der Waals surface area contributed by atoms with Gasteiger partial charge in [-0.25, -0.2) is 0 Å².